The second-order valence-corrected chi connectivity index (χ2v) is 8.12. The predicted octanol–water partition coefficient (Wildman–Crippen LogP) is 2.07. The minimum Gasteiger partial charge on any atom is -0.502 e. The normalized spacial score (nSPS) is 16.2. The highest BCUT2D eigenvalue weighted by Gasteiger charge is 2.16. The van der Waals surface area contributed by atoms with Gasteiger partial charge in [0, 0.05) is 42.7 Å². The smallest absolute Gasteiger partial charge is 0.293 e. The summed E-state index contributed by atoms with van der Waals surface area (Å²) in [5.74, 6) is 5.65. The van der Waals surface area contributed by atoms with Crippen molar-refractivity contribution in [3.05, 3.63) is 93.2 Å². The summed E-state index contributed by atoms with van der Waals surface area (Å²) < 4.78 is 5.38. The van der Waals surface area contributed by atoms with Gasteiger partial charge in [0.2, 0.25) is 5.75 Å². The van der Waals surface area contributed by atoms with Crippen LogP contribution in [0.2, 0.25) is 0 Å². The van der Waals surface area contributed by atoms with Gasteiger partial charge in [-0.25, -0.2) is 4.98 Å². The van der Waals surface area contributed by atoms with Gasteiger partial charge in [0.15, 0.2) is 0 Å². The van der Waals surface area contributed by atoms with Crippen molar-refractivity contribution in [1.82, 2.24) is 15.3 Å². The van der Waals surface area contributed by atoms with Gasteiger partial charge in [-0.2, -0.15) is 0 Å². The van der Waals surface area contributed by atoms with Crippen LogP contribution < -0.4 is 10.9 Å². The lowest BCUT2D eigenvalue weighted by Gasteiger charge is -2.14. The van der Waals surface area contributed by atoms with Gasteiger partial charge in [0.25, 0.3) is 5.56 Å². The Morgan fingerprint density at radius 3 is 2.45 bits per heavy atom. The summed E-state index contributed by atoms with van der Waals surface area (Å²) in [6.07, 6.45) is 2.57. The number of aromatic hydroxyl groups is 1. The van der Waals surface area contributed by atoms with Crippen LogP contribution in [0.3, 0.4) is 0 Å². The predicted molar refractivity (Wildman–Crippen MR) is 125 cm³/mol. The first-order valence-electron chi connectivity index (χ1n) is 11.0. The van der Waals surface area contributed by atoms with E-state index in [1.165, 1.54) is 11.9 Å². The average Bonchev–Trinajstić information content (AvgIpc) is 3.37. The van der Waals surface area contributed by atoms with Crippen molar-refractivity contribution < 1.29 is 14.9 Å². The number of hydrogen-bond donors (Lipinski definition) is 4. The number of rotatable bonds is 7. The number of nitrogens with zero attached hydrogens (tertiary/aromatic N) is 1. The lowest BCUT2D eigenvalue weighted by atomic mass is 9.94. The third-order valence-corrected chi connectivity index (χ3v) is 5.78. The molecule has 0 radical (unpaired) electrons. The first-order chi connectivity index (χ1) is 16.1. The van der Waals surface area contributed by atoms with Crippen LogP contribution in [-0.2, 0) is 17.7 Å². The zero-order chi connectivity index (χ0) is 23.0. The standard InChI is InChI=1S/C26H27N3O4/c30-15-22(13-24-25(31)26(32)29-17-28-24)21-9-7-19(8-10-21)2-1-18-3-5-20(6-4-18)14-27-23-11-12-33-16-23/h3-10,17,22-23,27,30-31H,11-16H2,(H,28,29,32)/t22-,23+/m1/s1. The Labute approximate surface area is 192 Å². The van der Waals surface area contributed by atoms with Crippen LogP contribution in [0.5, 0.6) is 5.75 Å². The number of nitrogens with one attached hydrogen (secondary N) is 2. The van der Waals surface area contributed by atoms with E-state index in [0.717, 1.165) is 42.9 Å². The highest BCUT2D eigenvalue weighted by Crippen LogP contribution is 2.22. The molecule has 0 spiro atoms. The molecule has 0 amide bonds. The molecule has 3 aromatic rings. The maximum Gasteiger partial charge on any atom is 0.293 e. The van der Waals surface area contributed by atoms with Crippen molar-refractivity contribution >= 4 is 0 Å². The fourth-order valence-electron chi connectivity index (χ4n) is 3.75. The van der Waals surface area contributed by atoms with Crippen LogP contribution in [0.1, 0.15) is 40.3 Å². The molecule has 0 unspecified atom stereocenters. The number of aromatic nitrogens is 2. The Hall–Kier alpha value is -3.44. The van der Waals surface area contributed by atoms with E-state index >= 15 is 0 Å². The van der Waals surface area contributed by atoms with Crippen molar-refractivity contribution in [1.29, 1.82) is 0 Å². The average molecular weight is 446 g/mol. The second-order valence-electron chi connectivity index (χ2n) is 8.12. The third-order valence-electron chi connectivity index (χ3n) is 5.78. The van der Waals surface area contributed by atoms with E-state index in [0.29, 0.717) is 6.04 Å². The fourth-order valence-corrected chi connectivity index (χ4v) is 3.75. The topological polar surface area (TPSA) is 107 Å². The number of hydrogen-bond acceptors (Lipinski definition) is 6. The van der Waals surface area contributed by atoms with E-state index in [2.05, 4.69) is 39.3 Å². The molecule has 1 fully saturated rings. The fraction of sp³-hybridized carbons (Fsp3) is 0.308. The van der Waals surface area contributed by atoms with E-state index in [-0.39, 0.29) is 24.6 Å². The minimum absolute atomic E-state index is 0.131. The van der Waals surface area contributed by atoms with Crippen molar-refractivity contribution in [3.63, 3.8) is 0 Å². The number of ether oxygens (including phenoxy) is 1. The second kappa shape index (κ2) is 10.9. The molecule has 0 aliphatic carbocycles. The zero-order valence-electron chi connectivity index (χ0n) is 18.3. The van der Waals surface area contributed by atoms with E-state index in [4.69, 9.17) is 4.74 Å². The molecule has 0 saturated carbocycles. The number of H-pyrrole nitrogens is 1. The summed E-state index contributed by atoms with van der Waals surface area (Å²) in [7, 11) is 0. The van der Waals surface area contributed by atoms with Crippen molar-refractivity contribution in [2.24, 2.45) is 0 Å². The monoisotopic (exact) mass is 445 g/mol. The Kier molecular flexibility index (Phi) is 7.53. The molecule has 0 bridgehead atoms. The molecular weight excluding hydrogens is 418 g/mol. The maximum absolute atomic E-state index is 11.6. The SMILES string of the molecule is O=c1[nH]cnc(C[C@H](CO)c2ccc(C#Cc3ccc(CN[C@H]4CCOC4)cc3)cc2)c1O. The van der Waals surface area contributed by atoms with Crippen LogP contribution in [0, 0.1) is 11.8 Å². The lowest BCUT2D eigenvalue weighted by Crippen LogP contribution is -2.28. The van der Waals surface area contributed by atoms with E-state index in [1.807, 2.05) is 36.4 Å². The molecule has 1 aromatic heterocycles. The summed E-state index contributed by atoms with van der Waals surface area (Å²) >= 11 is 0. The maximum atomic E-state index is 11.6. The number of aromatic amines is 1. The van der Waals surface area contributed by atoms with E-state index < -0.39 is 11.3 Å². The van der Waals surface area contributed by atoms with E-state index in [1.54, 1.807) is 0 Å². The Bertz CT molecular complexity index is 1170. The van der Waals surface area contributed by atoms with Crippen LogP contribution in [0.15, 0.2) is 59.7 Å². The van der Waals surface area contributed by atoms with Gasteiger partial charge in [-0.05, 0) is 41.8 Å². The van der Waals surface area contributed by atoms with E-state index in [9.17, 15) is 15.0 Å². The summed E-state index contributed by atoms with van der Waals surface area (Å²) in [6, 6.07) is 16.2. The largest absolute Gasteiger partial charge is 0.502 e. The summed E-state index contributed by atoms with van der Waals surface area (Å²) in [6.45, 7) is 2.31. The molecule has 1 aliphatic rings. The Morgan fingerprint density at radius 1 is 1.12 bits per heavy atom. The first-order valence-corrected chi connectivity index (χ1v) is 11.0. The molecule has 4 N–H and O–H groups in total. The van der Waals surface area contributed by atoms with Gasteiger partial charge in [0.1, 0.15) is 0 Å². The first kappa shape index (κ1) is 22.7. The van der Waals surface area contributed by atoms with Crippen molar-refractivity contribution in [3.8, 4) is 17.6 Å². The molecule has 2 atom stereocenters. The van der Waals surface area contributed by atoms with Crippen LogP contribution in [0.25, 0.3) is 0 Å². The third kappa shape index (κ3) is 6.08. The molecule has 1 aliphatic heterocycles. The highest BCUT2D eigenvalue weighted by atomic mass is 16.5. The molecule has 7 heteroatoms. The number of aliphatic hydroxyl groups is 1. The number of aliphatic hydroxyl groups excluding tert-OH is 1. The zero-order valence-corrected chi connectivity index (χ0v) is 18.3. The quantitative estimate of drug-likeness (QED) is 0.415. The molecule has 4 rings (SSSR count). The summed E-state index contributed by atoms with van der Waals surface area (Å²) in [5, 5.41) is 23.2. The summed E-state index contributed by atoms with van der Waals surface area (Å²) in [5.41, 5.74) is 3.57. The molecule has 1 saturated heterocycles. The van der Waals surface area contributed by atoms with Gasteiger partial charge >= 0.3 is 0 Å². The lowest BCUT2D eigenvalue weighted by molar-refractivity contribution is 0.190. The molecule has 33 heavy (non-hydrogen) atoms. The summed E-state index contributed by atoms with van der Waals surface area (Å²) in [4.78, 5) is 17.9. The Balaban J connectivity index is 1.37. The number of benzene rings is 2. The van der Waals surface area contributed by atoms with Crippen LogP contribution in [-0.4, -0.2) is 46.0 Å². The molecule has 7 nitrogen and oxygen atoms in total. The molecule has 170 valence electrons. The van der Waals surface area contributed by atoms with Crippen molar-refractivity contribution in [2.45, 2.75) is 31.3 Å². The van der Waals surface area contributed by atoms with Crippen LogP contribution >= 0.6 is 0 Å². The van der Waals surface area contributed by atoms with Gasteiger partial charge in [-0.1, -0.05) is 36.1 Å². The van der Waals surface area contributed by atoms with Crippen LogP contribution in [0.4, 0.5) is 0 Å². The van der Waals surface area contributed by atoms with Gasteiger partial charge in [0.05, 0.1) is 25.2 Å². The molecule has 2 heterocycles. The minimum atomic E-state index is -0.588. The molecule has 2 aromatic carbocycles. The van der Waals surface area contributed by atoms with Gasteiger partial charge in [-0.3, -0.25) is 4.79 Å². The van der Waals surface area contributed by atoms with Crippen molar-refractivity contribution in [2.75, 3.05) is 19.8 Å². The Morgan fingerprint density at radius 2 is 1.82 bits per heavy atom. The highest BCUT2D eigenvalue weighted by molar-refractivity contribution is 5.44. The van der Waals surface area contributed by atoms with Gasteiger partial charge < -0.3 is 25.3 Å². The van der Waals surface area contributed by atoms with Gasteiger partial charge in [-0.15, -0.1) is 0 Å². The molecular formula is C26H27N3O4.